The van der Waals surface area contributed by atoms with Gasteiger partial charge in [-0.3, -0.25) is 4.57 Å². The number of carbonyl (C=O) groups excluding carboxylic acids is 1. The van der Waals surface area contributed by atoms with Crippen molar-refractivity contribution in [2.75, 3.05) is 13.7 Å². The van der Waals surface area contributed by atoms with Crippen LogP contribution in [0, 0.1) is 22.9 Å². The van der Waals surface area contributed by atoms with Gasteiger partial charge in [-0.05, 0) is 32.0 Å². The van der Waals surface area contributed by atoms with E-state index in [0.29, 0.717) is 33.2 Å². The fourth-order valence-corrected chi connectivity index (χ4v) is 3.15. The van der Waals surface area contributed by atoms with Gasteiger partial charge in [0.1, 0.15) is 17.3 Å². The summed E-state index contributed by atoms with van der Waals surface area (Å²) in [5.74, 6) is -0.444. The van der Waals surface area contributed by atoms with Crippen LogP contribution in [0.25, 0.3) is 0 Å². The molecule has 1 unspecified atom stereocenters. The molecule has 0 fully saturated rings. The van der Waals surface area contributed by atoms with E-state index >= 15 is 0 Å². The first kappa shape index (κ1) is 20.1. The zero-order chi connectivity index (χ0) is 19.3. The van der Waals surface area contributed by atoms with E-state index in [0.717, 1.165) is 17.0 Å². The van der Waals surface area contributed by atoms with Crippen molar-refractivity contribution in [2.45, 2.75) is 27.1 Å². The number of nitrogens with one attached hydrogen (secondary N) is 1. The number of esters is 1. The highest BCUT2D eigenvalue weighted by molar-refractivity contribution is 7.71. The van der Waals surface area contributed by atoms with Gasteiger partial charge in [-0.2, -0.15) is 5.26 Å². The second-order valence-electron chi connectivity index (χ2n) is 6.04. The van der Waals surface area contributed by atoms with Gasteiger partial charge in [0.25, 0.3) is 0 Å². The first-order chi connectivity index (χ1) is 12.4. The van der Waals surface area contributed by atoms with Crippen LogP contribution in [0.4, 0.5) is 0 Å². The van der Waals surface area contributed by atoms with Gasteiger partial charge in [-0.15, -0.1) is 0 Å². The van der Waals surface area contributed by atoms with Crippen LogP contribution in [0.3, 0.4) is 0 Å². The molecule has 0 aliphatic carbocycles. The number of benzene rings is 1. The lowest BCUT2D eigenvalue weighted by atomic mass is 10.1. The van der Waals surface area contributed by atoms with E-state index in [-0.39, 0.29) is 6.61 Å². The number of quaternary nitrogens is 1. The highest BCUT2D eigenvalue weighted by Gasteiger charge is 2.18. The van der Waals surface area contributed by atoms with E-state index in [9.17, 15) is 10.1 Å². The molecule has 0 amide bonds. The van der Waals surface area contributed by atoms with Gasteiger partial charge in [-0.1, -0.05) is 36.0 Å². The molecule has 1 aromatic heterocycles. The molecule has 1 aromatic carbocycles. The van der Waals surface area contributed by atoms with Crippen molar-refractivity contribution in [3.05, 3.63) is 62.4 Å². The standard InChI is InChI=1S/C19H20ClN3O2S/c1-4-25-19(24)17-9-15(10-21)18(26)23(13(17)2)12-22(3)11-14-5-7-16(20)8-6-14/h5-9H,4,11-12H2,1-3H3/p+1. The maximum absolute atomic E-state index is 12.2. The van der Waals surface area contributed by atoms with Crippen LogP contribution in [-0.4, -0.2) is 24.2 Å². The predicted molar refractivity (Wildman–Crippen MR) is 103 cm³/mol. The summed E-state index contributed by atoms with van der Waals surface area (Å²) in [6.45, 7) is 5.12. The molecule has 0 bridgehead atoms. The monoisotopic (exact) mass is 390 g/mol. The first-order valence-electron chi connectivity index (χ1n) is 8.24. The van der Waals surface area contributed by atoms with Crippen LogP contribution >= 0.6 is 23.8 Å². The van der Waals surface area contributed by atoms with E-state index < -0.39 is 5.97 Å². The Kier molecular flexibility index (Phi) is 6.92. The summed E-state index contributed by atoms with van der Waals surface area (Å²) >= 11 is 11.4. The fraction of sp³-hybridized carbons (Fsp3) is 0.316. The highest BCUT2D eigenvalue weighted by atomic mass is 35.5. The fourth-order valence-electron chi connectivity index (χ4n) is 2.72. The van der Waals surface area contributed by atoms with Crippen LogP contribution in [0.2, 0.25) is 5.02 Å². The first-order valence-corrected chi connectivity index (χ1v) is 9.03. The van der Waals surface area contributed by atoms with Crippen LogP contribution in [0.15, 0.2) is 30.3 Å². The number of nitriles is 1. The van der Waals surface area contributed by atoms with Gasteiger partial charge in [-0.25, -0.2) is 4.79 Å². The van der Waals surface area contributed by atoms with E-state index in [1.54, 1.807) is 6.92 Å². The summed E-state index contributed by atoms with van der Waals surface area (Å²) in [6, 6.07) is 11.3. The molecular formula is C19H21ClN3O2S+. The third-order valence-corrected chi connectivity index (χ3v) is 4.71. The number of hydrogen-bond acceptors (Lipinski definition) is 4. The summed E-state index contributed by atoms with van der Waals surface area (Å²) in [6.07, 6.45) is 0. The summed E-state index contributed by atoms with van der Waals surface area (Å²) in [5.41, 5.74) is 2.50. The molecule has 7 heteroatoms. The molecule has 0 spiro atoms. The van der Waals surface area contributed by atoms with Crippen LogP contribution < -0.4 is 4.90 Å². The van der Waals surface area contributed by atoms with Crippen molar-refractivity contribution < 1.29 is 14.4 Å². The van der Waals surface area contributed by atoms with Crippen LogP contribution in [0.1, 0.15) is 34.1 Å². The van der Waals surface area contributed by atoms with E-state index in [4.69, 9.17) is 28.6 Å². The normalized spacial score (nSPS) is 11.7. The van der Waals surface area contributed by atoms with Gasteiger partial charge in [0.2, 0.25) is 0 Å². The molecule has 0 radical (unpaired) electrons. The smallest absolute Gasteiger partial charge is 0.339 e. The van der Waals surface area contributed by atoms with Gasteiger partial charge >= 0.3 is 5.97 Å². The van der Waals surface area contributed by atoms with Crippen LogP contribution in [0.5, 0.6) is 0 Å². The largest absolute Gasteiger partial charge is 0.462 e. The minimum Gasteiger partial charge on any atom is -0.462 e. The average molecular weight is 391 g/mol. The minimum atomic E-state index is -0.444. The summed E-state index contributed by atoms with van der Waals surface area (Å²) < 4.78 is 7.35. The average Bonchev–Trinajstić information content (AvgIpc) is 2.61. The third kappa shape index (κ3) is 4.70. The molecule has 0 saturated carbocycles. The Hall–Kier alpha value is -2.20. The molecule has 0 aliphatic rings. The van der Waals surface area contributed by atoms with Gasteiger partial charge < -0.3 is 9.64 Å². The van der Waals surface area contributed by atoms with Crippen molar-refractivity contribution in [1.82, 2.24) is 4.57 Å². The number of aromatic nitrogens is 1. The van der Waals surface area contributed by atoms with Gasteiger partial charge in [0.05, 0.1) is 24.8 Å². The number of pyridine rings is 1. The zero-order valence-electron chi connectivity index (χ0n) is 15.0. The summed E-state index contributed by atoms with van der Waals surface area (Å²) in [4.78, 5) is 13.4. The lowest BCUT2D eigenvalue weighted by Crippen LogP contribution is -3.07. The molecule has 1 heterocycles. The number of hydrogen-bond donors (Lipinski definition) is 1. The van der Waals surface area contributed by atoms with Crippen molar-refractivity contribution in [2.24, 2.45) is 0 Å². The van der Waals surface area contributed by atoms with Gasteiger partial charge in [0.15, 0.2) is 6.67 Å². The molecule has 0 aliphatic heterocycles. The number of rotatable bonds is 6. The molecule has 2 rings (SSSR count). The predicted octanol–water partition coefficient (Wildman–Crippen LogP) is 2.90. The summed E-state index contributed by atoms with van der Waals surface area (Å²) in [5, 5.41) is 10.1. The zero-order valence-corrected chi connectivity index (χ0v) is 16.6. The van der Waals surface area contributed by atoms with E-state index in [2.05, 4.69) is 6.07 Å². The van der Waals surface area contributed by atoms with E-state index in [1.165, 1.54) is 6.07 Å². The molecule has 0 saturated heterocycles. The minimum absolute atomic E-state index is 0.275. The van der Waals surface area contributed by atoms with Crippen molar-refractivity contribution in [3.63, 3.8) is 0 Å². The second-order valence-corrected chi connectivity index (χ2v) is 6.86. The molecular weight excluding hydrogens is 370 g/mol. The number of halogens is 1. The second kappa shape index (κ2) is 8.95. The van der Waals surface area contributed by atoms with Crippen molar-refractivity contribution in [1.29, 1.82) is 5.26 Å². The Morgan fingerprint density at radius 1 is 1.38 bits per heavy atom. The Morgan fingerprint density at radius 3 is 2.62 bits per heavy atom. The highest BCUT2D eigenvalue weighted by Crippen LogP contribution is 2.15. The number of carbonyl (C=O) groups is 1. The van der Waals surface area contributed by atoms with Crippen molar-refractivity contribution in [3.8, 4) is 6.07 Å². The van der Waals surface area contributed by atoms with Crippen LogP contribution in [-0.2, 0) is 18.0 Å². The Bertz CT molecular complexity index is 901. The summed E-state index contributed by atoms with van der Waals surface area (Å²) in [7, 11) is 2.03. The molecule has 5 nitrogen and oxygen atoms in total. The molecule has 2 aromatic rings. The Balaban J connectivity index is 2.33. The topological polar surface area (TPSA) is 59.5 Å². The molecule has 1 atom stereocenters. The third-order valence-electron chi connectivity index (χ3n) is 4.02. The number of nitrogens with zero attached hydrogens (tertiary/aromatic N) is 2. The van der Waals surface area contributed by atoms with E-state index in [1.807, 2.05) is 42.8 Å². The molecule has 26 heavy (non-hydrogen) atoms. The van der Waals surface area contributed by atoms with Gasteiger partial charge in [0, 0.05) is 16.3 Å². The maximum atomic E-state index is 12.2. The SMILES string of the molecule is CCOC(=O)c1cc(C#N)c(=S)n(C[NH+](C)Cc2ccc(Cl)cc2)c1C. The quantitative estimate of drug-likeness (QED) is 0.608. The Morgan fingerprint density at radius 2 is 2.04 bits per heavy atom. The Labute approximate surface area is 163 Å². The van der Waals surface area contributed by atoms with Crippen molar-refractivity contribution >= 4 is 29.8 Å². The maximum Gasteiger partial charge on any atom is 0.339 e. The lowest BCUT2D eigenvalue weighted by molar-refractivity contribution is -0.917. The lowest BCUT2D eigenvalue weighted by Gasteiger charge is -2.20. The molecule has 1 N–H and O–H groups in total. The molecule has 136 valence electrons. The number of ether oxygens (including phenoxy) is 1.